The Labute approximate surface area is 88.2 Å². The van der Waals surface area contributed by atoms with E-state index in [1.807, 2.05) is 0 Å². The lowest BCUT2D eigenvalue weighted by atomic mass is 9.84. The fourth-order valence-electron chi connectivity index (χ4n) is 1.31. The number of ether oxygens (including phenoxy) is 1. The van der Waals surface area contributed by atoms with Crippen molar-refractivity contribution in [3.05, 3.63) is 0 Å². The molecular weight excluding hydrogens is 242 g/mol. The lowest BCUT2D eigenvalue weighted by molar-refractivity contribution is -0.411. The molecule has 0 aliphatic heterocycles. The minimum absolute atomic E-state index is 0.387. The standard InChI is InChI=1S/C8H12F6O2/c1-4-16-5(2,3)6(15,7(9,10)11)8(12,13)14/h15H,4H2,1-3H3. The molecule has 0 aliphatic rings. The highest BCUT2D eigenvalue weighted by Gasteiger charge is 2.77. The Balaban J connectivity index is 5.61. The number of halogens is 6. The van der Waals surface area contributed by atoms with Crippen LogP contribution in [0.5, 0.6) is 0 Å². The van der Waals surface area contributed by atoms with Gasteiger partial charge in [-0.3, -0.25) is 0 Å². The van der Waals surface area contributed by atoms with Gasteiger partial charge in [0, 0.05) is 6.61 Å². The van der Waals surface area contributed by atoms with Gasteiger partial charge in [-0.15, -0.1) is 0 Å². The van der Waals surface area contributed by atoms with Crippen molar-refractivity contribution in [3.8, 4) is 0 Å². The van der Waals surface area contributed by atoms with Crippen molar-refractivity contribution >= 4 is 0 Å². The maximum Gasteiger partial charge on any atom is 0.429 e. The average Bonchev–Trinajstić information content (AvgIpc) is 1.98. The highest BCUT2D eigenvalue weighted by atomic mass is 19.4. The molecule has 1 N–H and O–H groups in total. The van der Waals surface area contributed by atoms with Crippen LogP contribution in [0.25, 0.3) is 0 Å². The summed E-state index contributed by atoms with van der Waals surface area (Å²) >= 11 is 0. The summed E-state index contributed by atoms with van der Waals surface area (Å²) in [7, 11) is 0. The van der Waals surface area contributed by atoms with Gasteiger partial charge >= 0.3 is 12.4 Å². The van der Waals surface area contributed by atoms with E-state index in [4.69, 9.17) is 5.11 Å². The molecule has 98 valence electrons. The predicted octanol–water partition coefficient (Wildman–Crippen LogP) is 2.66. The summed E-state index contributed by atoms with van der Waals surface area (Å²) in [5.41, 5.74) is -7.72. The summed E-state index contributed by atoms with van der Waals surface area (Å²) in [6, 6.07) is 0. The molecule has 0 rings (SSSR count). The van der Waals surface area contributed by atoms with E-state index in [1.165, 1.54) is 6.92 Å². The summed E-state index contributed by atoms with van der Waals surface area (Å²) in [6.07, 6.45) is -11.7. The monoisotopic (exact) mass is 254 g/mol. The Morgan fingerprint density at radius 1 is 0.938 bits per heavy atom. The van der Waals surface area contributed by atoms with Gasteiger partial charge in [-0.1, -0.05) is 0 Å². The van der Waals surface area contributed by atoms with Crippen LogP contribution in [-0.2, 0) is 4.74 Å². The molecule has 2 nitrogen and oxygen atoms in total. The second kappa shape index (κ2) is 4.06. The molecule has 0 radical (unpaired) electrons. The van der Waals surface area contributed by atoms with Gasteiger partial charge in [0.1, 0.15) is 5.60 Å². The molecule has 0 unspecified atom stereocenters. The molecule has 0 spiro atoms. The van der Waals surface area contributed by atoms with E-state index in [0.717, 1.165) is 0 Å². The molecule has 0 aromatic heterocycles. The van der Waals surface area contributed by atoms with Crippen molar-refractivity contribution in [1.82, 2.24) is 0 Å². The van der Waals surface area contributed by atoms with E-state index in [0.29, 0.717) is 13.8 Å². The molecule has 0 fully saturated rings. The first-order valence-corrected chi connectivity index (χ1v) is 4.31. The maximum atomic E-state index is 12.4. The van der Waals surface area contributed by atoms with Gasteiger partial charge < -0.3 is 9.84 Å². The number of aliphatic hydroxyl groups is 1. The van der Waals surface area contributed by atoms with E-state index in [-0.39, 0.29) is 6.61 Å². The SMILES string of the molecule is CCOC(C)(C)C(O)(C(F)(F)F)C(F)(F)F. The van der Waals surface area contributed by atoms with E-state index >= 15 is 0 Å². The summed E-state index contributed by atoms with van der Waals surface area (Å²) < 4.78 is 78.6. The molecule has 8 heteroatoms. The zero-order valence-electron chi connectivity index (χ0n) is 8.83. The molecule has 0 heterocycles. The quantitative estimate of drug-likeness (QED) is 0.784. The second-order valence-corrected chi connectivity index (χ2v) is 3.65. The van der Waals surface area contributed by atoms with E-state index in [1.54, 1.807) is 0 Å². The summed E-state index contributed by atoms with van der Waals surface area (Å²) in [4.78, 5) is 0. The third-order valence-electron chi connectivity index (χ3n) is 2.20. The molecule has 0 amide bonds. The zero-order valence-corrected chi connectivity index (χ0v) is 8.83. The summed E-state index contributed by atoms with van der Waals surface area (Å²) in [5, 5.41) is 8.97. The molecule has 0 bridgehead atoms. The Hall–Kier alpha value is -0.500. The second-order valence-electron chi connectivity index (χ2n) is 3.65. The van der Waals surface area contributed by atoms with E-state index in [2.05, 4.69) is 4.74 Å². The molecule has 0 saturated heterocycles. The minimum Gasteiger partial charge on any atom is -0.372 e. The average molecular weight is 254 g/mol. The number of alkyl halides is 6. The lowest BCUT2D eigenvalue weighted by Crippen LogP contribution is -2.69. The van der Waals surface area contributed by atoms with Crippen LogP contribution < -0.4 is 0 Å². The highest BCUT2D eigenvalue weighted by molar-refractivity contribution is 5.06. The van der Waals surface area contributed by atoms with Crippen LogP contribution in [0.3, 0.4) is 0 Å². The molecule has 0 aromatic carbocycles. The Kier molecular flexibility index (Phi) is 3.94. The fourth-order valence-corrected chi connectivity index (χ4v) is 1.31. The lowest BCUT2D eigenvalue weighted by Gasteiger charge is -2.43. The molecule has 0 aromatic rings. The Bertz CT molecular complexity index is 228. The largest absolute Gasteiger partial charge is 0.429 e. The zero-order chi connectivity index (χ0) is 13.4. The van der Waals surface area contributed by atoms with Gasteiger partial charge in [0.15, 0.2) is 0 Å². The van der Waals surface area contributed by atoms with Gasteiger partial charge in [0.2, 0.25) is 0 Å². The van der Waals surface area contributed by atoms with Crippen LogP contribution in [-0.4, -0.2) is 35.3 Å². The smallest absolute Gasteiger partial charge is 0.372 e. The first-order chi connectivity index (χ1) is 6.81. The normalized spacial score (nSPS) is 15.4. The van der Waals surface area contributed by atoms with Gasteiger partial charge in [-0.05, 0) is 20.8 Å². The molecule has 0 saturated carbocycles. The fraction of sp³-hybridized carbons (Fsp3) is 1.00. The number of hydrogen-bond donors (Lipinski definition) is 1. The number of hydrogen-bond acceptors (Lipinski definition) is 2. The van der Waals surface area contributed by atoms with Crippen molar-refractivity contribution in [2.24, 2.45) is 0 Å². The van der Waals surface area contributed by atoms with Gasteiger partial charge in [-0.25, -0.2) is 0 Å². The van der Waals surface area contributed by atoms with Gasteiger partial charge in [0.25, 0.3) is 5.60 Å². The summed E-state index contributed by atoms with van der Waals surface area (Å²) in [6.45, 7) is 1.92. The van der Waals surface area contributed by atoms with Crippen molar-refractivity contribution in [3.63, 3.8) is 0 Å². The molecule has 0 aliphatic carbocycles. The third-order valence-corrected chi connectivity index (χ3v) is 2.20. The Morgan fingerprint density at radius 2 is 1.25 bits per heavy atom. The van der Waals surface area contributed by atoms with Gasteiger partial charge in [0.05, 0.1) is 0 Å². The topological polar surface area (TPSA) is 29.5 Å². The van der Waals surface area contributed by atoms with Crippen LogP contribution in [0.4, 0.5) is 26.3 Å². The van der Waals surface area contributed by atoms with Crippen molar-refractivity contribution in [1.29, 1.82) is 0 Å². The molecule has 0 atom stereocenters. The number of rotatable bonds is 3. The van der Waals surface area contributed by atoms with Crippen LogP contribution in [0.15, 0.2) is 0 Å². The maximum absolute atomic E-state index is 12.4. The molecule has 16 heavy (non-hydrogen) atoms. The first kappa shape index (κ1) is 15.5. The first-order valence-electron chi connectivity index (χ1n) is 4.31. The van der Waals surface area contributed by atoms with Crippen molar-refractivity contribution in [2.75, 3.05) is 6.61 Å². The summed E-state index contributed by atoms with van der Waals surface area (Å²) in [5.74, 6) is 0. The van der Waals surface area contributed by atoms with Crippen LogP contribution in [0, 0.1) is 0 Å². The van der Waals surface area contributed by atoms with E-state index < -0.39 is 23.6 Å². The van der Waals surface area contributed by atoms with E-state index in [9.17, 15) is 26.3 Å². The minimum atomic E-state index is -5.87. The molecular formula is C8H12F6O2. The van der Waals surface area contributed by atoms with Gasteiger partial charge in [-0.2, -0.15) is 26.3 Å². The van der Waals surface area contributed by atoms with Crippen molar-refractivity contribution in [2.45, 2.75) is 44.3 Å². The van der Waals surface area contributed by atoms with Crippen LogP contribution in [0.2, 0.25) is 0 Å². The predicted molar refractivity (Wildman–Crippen MR) is 42.8 cm³/mol. The Morgan fingerprint density at radius 3 is 1.44 bits per heavy atom. The third kappa shape index (κ3) is 2.27. The van der Waals surface area contributed by atoms with Crippen LogP contribution >= 0.6 is 0 Å². The van der Waals surface area contributed by atoms with Crippen molar-refractivity contribution < 1.29 is 36.2 Å². The van der Waals surface area contributed by atoms with Crippen LogP contribution in [0.1, 0.15) is 20.8 Å². The highest BCUT2D eigenvalue weighted by Crippen LogP contribution is 2.50.